The number of hydrogen-bond donors (Lipinski definition) is 2. The molecule has 0 aromatic heterocycles. The van der Waals surface area contributed by atoms with Crippen molar-refractivity contribution in [3.8, 4) is 0 Å². The molecule has 0 spiro atoms. The van der Waals surface area contributed by atoms with Crippen molar-refractivity contribution < 1.29 is 13.6 Å². The van der Waals surface area contributed by atoms with E-state index in [1.165, 1.54) is 24.3 Å². The number of hydrogen-bond acceptors (Lipinski definition) is 2. The Morgan fingerprint density at radius 1 is 1.14 bits per heavy atom. The van der Waals surface area contributed by atoms with E-state index in [4.69, 9.17) is 5.73 Å². The SMILES string of the molecule is Cc1cc(F)cc(C(C)C(=O)Nc2cc(F)cc(CN)c2)c1. The smallest absolute Gasteiger partial charge is 0.231 e. The fourth-order valence-electron chi connectivity index (χ4n) is 2.26. The maximum atomic E-state index is 13.4. The third kappa shape index (κ3) is 3.89. The van der Waals surface area contributed by atoms with Gasteiger partial charge in [-0.05, 0) is 60.9 Å². The van der Waals surface area contributed by atoms with E-state index in [9.17, 15) is 13.6 Å². The highest BCUT2D eigenvalue weighted by Gasteiger charge is 2.17. The van der Waals surface area contributed by atoms with Crippen molar-refractivity contribution in [3.05, 3.63) is 64.7 Å². The number of nitrogens with one attached hydrogen (secondary N) is 1. The molecule has 1 unspecified atom stereocenters. The lowest BCUT2D eigenvalue weighted by atomic mass is 9.98. The predicted molar refractivity (Wildman–Crippen MR) is 82.5 cm³/mol. The molecule has 2 rings (SSSR count). The number of aryl methyl sites for hydroxylation is 1. The fourth-order valence-corrected chi connectivity index (χ4v) is 2.26. The van der Waals surface area contributed by atoms with Gasteiger partial charge in [0.15, 0.2) is 0 Å². The Hall–Kier alpha value is -2.27. The van der Waals surface area contributed by atoms with Crippen LogP contribution in [0.4, 0.5) is 14.5 Å². The van der Waals surface area contributed by atoms with Crippen molar-refractivity contribution in [2.75, 3.05) is 5.32 Å². The van der Waals surface area contributed by atoms with E-state index in [2.05, 4.69) is 5.32 Å². The summed E-state index contributed by atoms with van der Waals surface area (Å²) in [6.07, 6.45) is 0. The molecule has 0 aliphatic carbocycles. The van der Waals surface area contributed by atoms with Gasteiger partial charge in [-0.25, -0.2) is 8.78 Å². The van der Waals surface area contributed by atoms with Crippen LogP contribution in [0.25, 0.3) is 0 Å². The molecule has 116 valence electrons. The molecule has 3 nitrogen and oxygen atoms in total. The number of halogens is 2. The van der Waals surface area contributed by atoms with Gasteiger partial charge in [0.05, 0.1) is 5.92 Å². The molecule has 0 aliphatic rings. The third-order valence-corrected chi connectivity index (χ3v) is 3.42. The maximum Gasteiger partial charge on any atom is 0.231 e. The number of rotatable bonds is 4. The van der Waals surface area contributed by atoms with Gasteiger partial charge in [0.2, 0.25) is 5.91 Å². The van der Waals surface area contributed by atoms with E-state index < -0.39 is 11.7 Å². The van der Waals surface area contributed by atoms with Crippen LogP contribution in [-0.4, -0.2) is 5.91 Å². The van der Waals surface area contributed by atoms with Gasteiger partial charge in [0.1, 0.15) is 11.6 Å². The number of carbonyl (C=O) groups excluding carboxylic acids is 1. The first-order chi connectivity index (χ1) is 10.4. The highest BCUT2D eigenvalue weighted by Crippen LogP contribution is 2.21. The lowest BCUT2D eigenvalue weighted by molar-refractivity contribution is -0.117. The minimum Gasteiger partial charge on any atom is -0.326 e. The Balaban J connectivity index is 2.19. The summed E-state index contributed by atoms with van der Waals surface area (Å²) in [5, 5.41) is 2.64. The van der Waals surface area contributed by atoms with Crippen molar-refractivity contribution in [1.82, 2.24) is 0 Å². The van der Waals surface area contributed by atoms with E-state index in [1.54, 1.807) is 26.0 Å². The minimum atomic E-state index is -0.556. The molecule has 0 bridgehead atoms. The van der Waals surface area contributed by atoms with Crippen LogP contribution in [0.2, 0.25) is 0 Å². The quantitative estimate of drug-likeness (QED) is 0.908. The van der Waals surface area contributed by atoms with Crippen LogP contribution in [0.1, 0.15) is 29.5 Å². The zero-order valence-electron chi connectivity index (χ0n) is 12.5. The first-order valence-electron chi connectivity index (χ1n) is 6.96. The van der Waals surface area contributed by atoms with Gasteiger partial charge >= 0.3 is 0 Å². The zero-order valence-corrected chi connectivity index (χ0v) is 12.5. The van der Waals surface area contributed by atoms with E-state index in [1.807, 2.05) is 0 Å². The van der Waals surface area contributed by atoms with Crippen LogP contribution in [0.3, 0.4) is 0 Å². The molecule has 0 aliphatic heterocycles. The lowest BCUT2D eigenvalue weighted by Gasteiger charge is -2.14. The first kappa shape index (κ1) is 16.1. The molecule has 0 fully saturated rings. The first-order valence-corrected chi connectivity index (χ1v) is 6.96. The predicted octanol–water partition coefficient (Wildman–Crippen LogP) is 3.47. The summed E-state index contributed by atoms with van der Waals surface area (Å²) in [6.45, 7) is 3.61. The molecule has 2 aromatic carbocycles. The molecule has 5 heteroatoms. The summed E-state index contributed by atoms with van der Waals surface area (Å²) < 4.78 is 26.9. The molecule has 22 heavy (non-hydrogen) atoms. The molecule has 2 aromatic rings. The largest absolute Gasteiger partial charge is 0.326 e. The van der Waals surface area contributed by atoms with Crippen LogP contribution in [0, 0.1) is 18.6 Å². The third-order valence-electron chi connectivity index (χ3n) is 3.42. The second-order valence-electron chi connectivity index (χ2n) is 5.33. The summed E-state index contributed by atoms with van der Waals surface area (Å²) in [6, 6.07) is 8.63. The lowest BCUT2D eigenvalue weighted by Crippen LogP contribution is -2.19. The number of anilines is 1. The summed E-state index contributed by atoms with van der Waals surface area (Å²) in [7, 11) is 0. The van der Waals surface area contributed by atoms with E-state index in [0.29, 0.717) is 16.8 Å². The van der Waals surface area contributed by atoms with Gasteiger partial charge in [-0.2, -0.15) is 0 Å². The van der Waals surface area contributed by atoms with E-state index in [0.717, 1.165) is 5.56 Å². The zero-order chi connectivity index (χ0) is 16.3. The molecule has 1 amide bonds. The molecule has 0 heterocycles. The van der Waals surface area contributed by atoms with Crippen molar-refractivity contribution in [1.29, 1.82) is 0 Å². The number of benzene rings is 2. The van der Waals surface area contributed by atoms with Gasteiger partial charge in [-0.1, -0.05) is 6.07 Å². The van der Waals surface area contributed by atoms with E-state index in [-0.39, 0.29) is 18.3 Å². The molecule has 1 atom stereocenters. The Morgan fingerprint density at radius 2 is 1.82 bits per heavy atom. The number of amides is 1. The second-order valence-corrected chi connectivity index (χ2v) is 5.33. The Labute approximate surface area is 128 Å². The molecule has 3 N–H and O–H groups in total. The van der Waals surface area contributed by atoms with Crippen molar-refractivity contribution >= 4 is 11.6 Å². The normalized spacial score (nSPS) is 12.0. The fraction of sp³-hybridized carbons (Fsp3) is 0.235. The van der Waals surface area contributed by atoms with E-state index >= 15 is 0 Å². The van der Waals surface area contributed by atoms with Crippen LogP contribution in [0.5, 0.6) is 0 Å². The molecular formula is C17H18F2N2O. The highest BCUT2D eigenvalue weighted by molar-refractivity contribution is 5.95. The van der Waals surface area contributed by atoms with Crippen LogP contribution >= 0.6 is 0 Å². The minimum absolute atomic E-state index is 0.180. The average molecular weight is 304 g/mol. The number of nitrogens with two attached hydrogens (primary N) is 1. The van der Waals surface area contributed by atoms with Crippen LogP contribution in [0.15, 0.2) is 36.4 Å². The standard InChI is InChI=1S/C17H18F2N2O/c1-10-3-13(7-14(18)4-10)11(2)17(22)21-16-6-12(9-20)5-15(19)8-16/h3-8,11H,9,20H2,1-2H3,(H,21,22). The Morgan fingerprint density at radius 3 is 2.45 bits per heavy atom. The van der Waals surface area contributed by atoms with Gasteiger partial charge in [-0.3, -0.25) is 4.79 Å². The Kier molecular flexibility index (Phi) is 4.88. The van der Waals surface area contributed by atoms with Crippen molar-refractivity contribution in [2.45, 2.75) is 26.3 Å². The van der Waals surface area contributed by atoms with Crippen molar-refractivity contribution in [2.24, 2.45) is 5.73 Å². The summed E-state index contributed by atoms with van der Waals surface area (Å²) >= 11 is 0. The second kappa shape index (κ2) is 6.66. The average Bonchev–Trinajstić information content (AvgIpc) is 2.44. The monoisotopic (exact) mass is 304 g/mol. The molecular weight excluding hydrogens is 286 g/mol. The van der Waals surface area contributed by atoms with Gasteiger partial charge in [0, 0.05) is 12.2 Å². The summed E-state index contributed by atoms with van der Waals surface area (Å²) in [4.78, 5) is 12.3. The topological polar surface area (TPSA) is 55.1 Å². The summed E-state index contributed by atoms with van der Waals surface area (Å²) in [5.41, 5.74) is 7.72. The summed E-state index contributed by atoms with van der Waals surface area (Å²) in [5.74, 6) is -1.74. The maximum absolute atomic E-state index is 13.4. The van der Waals surface area contributed by atoms with Gasteiger partial charge in [-0.15, -0.1) is 0 Å². The van der Waals surface area contributed by atoms with Crippen LogP contribution < -0.4 is 11.1 Å². The number of carbonyl (C=O) groups is 1. The van der Waals surface area contributed by atoms with Crippen LogP contribution in [-0.2, 0) is 11.3 Å². The highest BCUT2D eigenvalue weighted by atomic mass is 19.1. The van der Waals surface area contributed by atoms with Crippen molar-refractivity contribution in [3.63, 3.8) is 0 Å². The van der Waals surface area contributed by atoms with Gasteiger partial charge in [0.25, 0.3) is 0 Å². The molecule has 0 saturated heterocycles. The molecule has 0 radical (unpaired) electrons. The molecule has 0 saturated carbocycles. The van der Waals surface area contributed by atoms with Gasteiger partial charge < -0.3 is 11.1 Å². The Bertz CT molecular complexity index is 681.